The summed E-state index contributed by atoms with van der Waals surface area (Å²) in [6, 6.07) is 0. The fraction of sp³-hybridized carbons (Fsp3) is 0.862. The number of hydrogen-bond acceptors (Lipinski definition) is 1. The molecule has 4 rings (SSSR count). The summed E-state index contributed by atoms with van der Waals surface area (Å²) in [7, 11) is 0. The maximum Gasteiger partial charge on any atom is 0.0594 e. The van der Waals surface area contributed by atoms with Crippen LogP contribution in [-0.2, 0) is 0 Å². The van der Waals surface area contributed by atoms with E-state index in [4.69, 9.17) is 0 Å². The molecule has 3 fully saturated rings. The van der Waals surface area contributed by atoms with E-state index in [0.717, 1.165) is 24.2 Å². The molecule has 0 heterocycles. The summed E-state index contributed by atoms with van der Waals surface area (Å²) in [5.74, 6) is 3.18. The number of aliphatic hydroxyl groups is 1. The van der Waals surface area contributed by atoms with Crippen LogP contribution < -0.4 is 0 Å². The first-order chi connectivity index (χ1) is 14.0. The van der Waals surface area contributed by atoms with Crippen molar-refractivity contribution in [1.82, 2.24) is 0 Å². The highest BCUT2D eigenvalue weighted by molar-refractivity contribution is 5.34. The van der Waals surface area contributed by atoms with Gasteiger partial charge in [-0.2, -0.15) is 0 Å². The molecule has 4 aliphatic carbocycles. The molecule has 1 unspecified atom stereocenters. The zero-order chi connectivity index (χ0) is 21.9. The van der Waals surface area contributed by atoms with Gasteiger partial charge in [0, 0.05) is 0 Å². The van der Waals surface area contributed by atoms with E-state index in [0.29, 0.717) is 16.7 Å². The minimum absolute atomic E-state index is 0.0835. The molecule has 1 heteroatoms. The van der Waals surface area contributed by atoms with Gasteiger partial charge in [0.1, 0.15) is 0 Å². The van der Waals surface area contributed by atoms with Gasteiger partial charge in [0.25, 0.3) is 0 Å². The summed E-state index contributed by atoms with van der Waals surface area (Å²) in [4.78, 5) is 0. The van der Waals surface area contributed by atoms with Crippen LogP contribution in [0.25, 0.3) is 0 Å². The SMILES string of the molecule is CC(C)=CCCC(C)C1=C2CC[C@@H]([C@H]3CC[C@H]4C(C)(C)[C@@H](O)CC[C@]34C)[C@@]2(C)CC1. The average Bonchev–Trinajstić information content (AvgIpc) is 3.28. The van der Waals surface area contributed by atoms with Crippen molar-refractivity contribution in [2.45, 2.75) is 119 Å². The summed E-state index contributed by atoms with van der Waals surface area (Å²) < 4.78 is 0. The minimum Gasteiger partial charge on any atom is -0.393 e. The van der Waals surface area contributed by atoms with Crippen LogP contribution in [0.3, 0.4) is 0 Å². The van der Waals surface area contributed by atoms with Crippen molar-refractivity contribution in [1.29, 1.82) is 0 Å². The zero-order valence-electron chi connectivity index (χ0n) is 21.0. The van der Waals surface area contributed by atoms with E-state index >= 15 is 0 Å². The van der Waals surface area contributed by atoms with E-state index in [-0.39, 0.29) is 11.5 Å². The Morgan fingerprint density at radius 1 is 1.00 bits per heavy atom. The highest BCUT2D eigenvalue weighted by Gasteiger charge is 2.62. The van der Waals surface area contributed by atoms with Crippen LogP contribution in [0, 0.1) is 39.9 Å². The second-order valence-electron chi connectivity index (χ2n) is 12.9. The van der Waals surface area contributed by atoms with Crippen LogP contribution in [-0.4, -0.2) is 11.2 Å². The largest absolute Gasteiger partial charge is 0.393 e. The van der Waals surface area contributed by atoms with E-state index < -0.39 is 0 Å². The molecular formula is C29H48O. The number of aliphatic hydroxyl groups excluding tert-OH is 1. The van der Waals surface area contributed by atoms with Gasteiger partial charge in [0.15, 0.2) is 0 Å². The lowest BCUT2D eigenvalue weighted by molar-refractivity contribution is -0.103. The van der Waals surface area contributed by atoms with E-state index in [1.165, 1.54) is 63.4 Å². The van der Waals surface area contributed by atoms with Crippen LogP contribution in [0.15, 0.2) is 22.8 Å². The highest BCUT2D eigenvalue weighted by Crippen LogP contribution is 2.69. The van der Waals surface area contributed by atoms with Crippen LogP contribution in [0.4, 0.5) is 0 Å². The summed E-state index contributed by atoms with van der Waals surface area (Å²) >= 11 is 0. The third-order valence-corrected chi connectivity index (χ3v) is 10.9. The maximum absolute atomic E-state index is 10.7. The van der Waals surface area contributed by atoms with Gasteiger partial charge in [-0.3, -0.25) is 0 Å². The first-order valence-corrected chi connectivity index (χ1v) is 13.1. The molecule has 0 amide bonds. The molecular weight excluding hydrogens is 364 g/mol. The van der Waals surface area contributed by atoms with Crippen LogP contribution in [0.2, 0.25) is 0 Å². The summed E-state index contributed by atoms with van der Waals surface area (Å²) in [5, 5.41) is 10.7. The molecule has 3 saturated carbocycles. The molecule has 0 aromatic rings. The van der Waals surface area contributed by atoms with Gasteiger partial charge >= 0.3 is 0 Å². The first-order valence-electron chi connectivity index (χ1n) is 13.1. The Bertz CT molecular complexity index is 723. The highest BCUT2D eigenvalue weighted by atomic mass is 16.3. The molecule has 30 heavy (non-hydrogen) atoms. The Labute approximate surface area is 186 Å². The molecule has 0 spiro atoms. The van der Waals surface area contributed by atoms with E-state index in [1.54, 1.807) is 0 Å². The monoisotopic (exact) mass is 412 g/mol. The molecule has 7 atom stereocenters. The number of allylic oxidation sites excluding steroid dienone is 4. The number of rotatable bonds is 5. The Morgan fingerprint density at radius 2 is 1.73 bits per heavy atom. The molecule has 0 aliphatic heterocycles. The second kappa shape index (κ2) is 7.79. The van der Waals surface area contributed by atoms with Gasteiger partial charge in [-0.1, -0.05) is 57.4 Å². The quantitative estimate of drug-likeness (QED) is 0.452. The third kappa shape index (κ3) is 3.37. The summed E-state index contributed by atoms with van der Waals surface area (Å²) in [5.41, 5.74) is 6.18. The van der Waals surface area contributed by atoms with E-state index in [2.05, 4.69) is 54.5 Å². The molecule has 0 aromatic heterocycles. The van der Waals surface area contributed by atoms with Gasteiger partial charge < -0.3 is 5.11 Å². The summed E-state index contributed by atoms with van der Waals surface area (Å²) in [6.07, 6.45) is 15.4. The number of hydrogen-bond donors (Lipinski definition) is 1. The lowest BCUT2D eigenvalue weighted by atomic mass is 9.52. The lowest BCUT2D eigenvalue weighted by Crippen LogP contribution is -2.50. The van der Waals surface area contributed by atoms with Crippen molar-refractivity contribution in [3.05, 3.63) is 22.8 Å². The molecule has 0 saturated heterocycles. The molecule has 4 aliphatic rings. The van der Waals surface area contributed by atoms with Gasteiger partial charge in [0.05, 0.1) is 6.10 Å². The fourth-order valence-corrected chi connectivity index (χ4v) is 9.08. The van der Waals surface area contributed by atoms with E-state index in [9.17, 15) is 5.11 Å². The first kappa shape index (κ1) is 22.6. The Balaban J connectivity index is 1.55. The van der Waals surface area contributed by atoms with Crippen molar-refractivity contribution in [2.75, 3.05) is 0 Å². The molecule has 170 valence electrons. The normalized spacial score (nSPS) is 43.5. The third-order valence-electron chi connectivity index (χ3n) is 10.9. The van der Waals surface area contributed by atoms with Crippen molar-refractivity contribution < 1.29 is 5.11 Å². The van der Waals surface area contributed by atoms with Crippen molar-refractivity contribution >= 4 is 0 Å². The van der Waals surface area contributed by atoms with Gasteiger partial charge in [-0.15, -0.1) is 0 Å². The van der Waals surface area contributed by atoms with Gasteiger partial charge in [-0.05, 0) is 118 Å². The van der Waals surface area contributed by atoms with Crippen LogP contribution in [0.5, 0.6) is 0 Å². The smallest absolute Gasteiger partial charge is 0.0594 e. The van der Waals surface area contributed by atoms with Crippen molar-refractivity contribution in [3.63, 3.8) is 0 Å². The van der Waals surface area contributed by atoms with Crippen molar-refractivity contribution in [3.8, 4) is 0 Å². The Hall–Kier alpha value is -0.560. The second-order valence-corrected chi connectivity index (χ2v) is 12.9. The van der Waals surface area contributed by atoms with Gasteiger partial charge in [-0.25, -0.2) is 0 Å². The van der Waals surface area contributed by atoms with Crippen LogP contribution in [0.1, 0.15) is 113 Å². The standard InChI is InChI=1S/C29H48O/c1-19(2)9-8-10-20(3)21-15-17-28(6)22(21)11-12-23(28)24-13-14-25-27(4,5)26(30)16-18-29(24,25)7/h9,20,23-26,30H,8,10-18H2,1-7H3/t20?,23-,24+,25-,26-,28-,29+/m0/s1. The summed E-state index contributed by atoms with van der Waals surface area (Å²) in [6.45, 7) is 16.9. The van der Waals surface area contributed by atoms with Crippen molar-refractivity contribution in [2.24, 2.45) is 39.9 Å². The molecule has 0 bridgehead atoms. The predicted molar refractivity (Wildman–Crippen MR) is 128 cm³/mol. The van der Waals surface area contributed by atoms with Gasteiger partial charge in [0.2, 0.25) is 0 Å². The zero-order valence-corrected chi connectivity index (χ0v) is 21.0. The molecule has 1 N–H and O–H groups in total. The Morgan fingerprint density at radius 3 is 2.43 bits per heavy atom. The maximum atomic E-state index is 10.7. The average molecular weight is 413 g/mol. The molecule has 0 aromatic carbocycles. The molecule has 0 radical (unpaired) electrons. The van der Waals surface area contributed by atoms with Crippen LogP contribution >= 0.6 is 0 Å². The molecule has 1 nitrogen and oxygen atoms in total. The predicted octanol–water partition coefficient (Wildman–Crippen LogP) is 8.09. The topological polar surface area (TPSA) is 20.2 Å². The number of fused-ring (bicyclic) bond motifs is 2. The van der Waals surface area contributed by atoms with E-state index in [1.807, 2.05) is 11.1 Å². The minimum atomic E-state index is -0.108. The fourth-order valence-electron chi connectivity index (χ4n) is 9.08. The Kier molecular flexibility index (Phi) is 5.87. The lowest BCUT2D eigenvalue weighted by Gasteiger charge is -2.54.